The van der Waals surface area contributed by atoms with Crippen molar-refractivity contribution in [2.24, 2.45) is 0 Å². The molecule has 1 aliphatic heterocycles. The Morgan fingerprint density at radius 1 is 1.11 bits per heavy atom. The second-order valence-electron chi connectivity index (χ2n) is 6.93. The third kappa shape index (κ3) is 4.01. The lowest BCUT2D eigenvalue weighted by molar-refractivity contribution is -0.121. The van der Waals surface area contributed by atoms with Crippen molar-refractivity contribution in [2.75, 3.05) is 31.8 Å². The zero-order valence-electron chi connectivity index (χ0n) is 16.6. The summed E-state index contributed by atoms with van der Waals surface area (Å²) in [4.78, 5) is 14.5. The maximum atomic E-state index is 12.7. The van der Waals surface area contributed by atoms with Crippen LogP contribution in [-0.4, -0.2) is 32.8 Å². The molecule has 0 saturated heterocycles. The van der Waals surface area contributed by atoms with Crippen LogP contribution in [0.4, 0.5) is 5.69 Å². The fourth-order valence-corrected chi connectivity index (χ4v) is 3.82. The monoisotopic (exact) mass is 367 g/mol. The van der Waals surface area contributed by atoms with E-state index in [1.165, 1.54) is 11.1 Å². The lowest BCUT2D eigenvalue weighted by atomic mass is 9.88. The summed E-state index contributed by atoms with van der Waals surface area (Å²) in [5.74, 6) is 0.801. The first-order valence-corrected chi connectivity index (χ1v) is 9.87. The Bertz CT molecular complexity index is 786. The standard InChI is InChI=1S/C23H29NO3/c1-4-9-18-15-20-23(24(13-14-26-3)21(25)16-27-20)22(19(18)10-5-2)17-11-7-6-8-12-17/h6-8,11-12,15H,4-5,9-10,13-14,16H2,1-3H3. The SMILES string of the molecule is CCCc1cc2c(c(-c3ccccc3)c1CCC)N(CCOC)C(=O)CO2. The minimum Gasteiger partial charge on any atom is -0.482 e. The summed E-state index contributed by atoms with van der Waals surface area (Å²) in [5.41, 5.74) is 5.85. The van der Waals surface area contributed by atoms with E-state index in [2.05, 4.69) is 44.2 Å². The highest BCUT2D eigenvalue weighted by molar-refractivity contribution is 6.03. The summed E-state index contributed by atoms with van der Waals surface area (Å²) in [5, 5.41) is 0. The van der Waals surface area contributed by atoms with E-state index in [1.54, 1.807) is 7.11 Å². The topological polar surface area (TPSA) is 38.8 Å². The Balaban J connectivity index is 2.27. The fourth-order valence-electron chi connectivity index (χ4n) is 3.82. The predicted molar refractivity (Wildman–Crippen MR) is 110 cm³/mol. The van der Waals surface area contributed by atoms with Crippen molar-refractivity contribution in [3.05, 3.63) is 47.5 Å². The normalized spacial score (nSPS) is 13.4. The van der Waals surface area contributed by atoms with E-state index < -0.39 is 0 Å². The average molecular weight is 367 g/mol. The molecule has 4 heteroatoms. The number of amides is 1. The number of methoxy groups -OCH3 is 1. The summed E-state index contributed by atoms with van der Waals surface area (Å²) >= 11 is 0. The first-order valence-electron chi connectivity index (χ1n) is 9.87. The number of carbonyl (C=O) groups is 1. The first kappa shape index (κ1) is 19.4. The van der Waals surface area contributed by atoms with Crippen LogP contribution in [-0.2, 0) is 22.4 Å². The maximum Gasteiger partial charge on any atom is 0.265 e. The van der Waals surface area contributed by atoms with E-state index in [0.29, 0.717) is 13.2 Å². The number of hydrogen-bond donors (Lipinski definition) is 0. The first-order chi connectivity index (χ1) is 13.2. The molecule has 0 fully saturated rings. The van der Waals surface area contributed by atoms with Gasteiger partial charge in [-0.15, -0.1) is 0 Å². The van der Waals surface area contributed by atoms with Crippen molar-refractivity contribution in [3.8, 4) is 16.9 Å². The van der Waals surface area contributed by atoms with Crippen LogP contribution in [0.25, 0.3) is 11.1 Å². The molecule has 0 spiro atoms. The Labute approximate surface area is 162 Å². The molecule has 0 aliphatic carbocycles. The van der Waals surface area contributed by atoms with Crippen LogP contribution in [0.5, 0.6) is 5.75 Å². The van der Waals surface area contributed by atoms with Gasteiger partial charge in [0.05, 0.1) is 12.3 Å². The van der Waals surface area contributed by atoms with Crippen LogP contribution in [0, 0.1) is 0 Å². The van der Waals surface area contributed by atoms with Crippen LogP contribution in [0.15, 0.2) is 36.4 Å². The van der Waals surface area contributed by atoms with Crippen molar-refractivity contribution in [1.29, 1.82) is 0 Å². The molecule has 0 N–H and O–H groups in total. The van der Waals surface area contributed by atoms with Gasteiger partial charge in [-0.05, 0) is 35.6 Å². The average Bonchev–Trinajstić information content (AvgIpc) is 2.69. The molecule has 0 saturated carbocycles. The number of anilines is 1. The van der Waals surface area contributed by atoms with Gasteiger partial charge in [0.25, 0.3) is 5.91 Å². The molecule has 2 aromatic rings. The van der Waals surface area contributed by atoms with Gasteiger partial charge < -0.3 is 14.4 Å². The molecule has 3 rings (SSSR count). The molecule has 0 radical (unpaired) electrons. The van der Waals surface area contributed by atoms with E-state index in [9.17, 15) is 4.79 Å². The highest BCUT2D eigenvalue weighted by Gasteiger charge is 2.31. The van der Waals surface area contributed by atoms with Crippen LogP contribution >= 0.6 is 0 Å². The Morgan fingerprint density at radius 3 is 2.52 bits per heavy atom. The lowest BCUT2D eigenvalue weighted by Crippen LogP contribution is -2.41. The zero-order valence-corrected chi connectivity index (χ0v) is 16.6. The van der Waals surface area contributed by atoms with Gasteiger partial charge in [0.1, 0.15) is 5.75 Å². The van der Waals surface area contributed by atoms with Crippen LogP contribution in [0.2, 0.25) is 0 Å². The molecular weight excluding hydrogens is 338 g/mol. The van der Waals surface area contributed by atoms with Crippen molar-refractivity contribution >= 4 is 11.6 Å². The minimum atomic E-state index is -0.0116. The summed E-state index contributed by atoms with van der Waals surface area (Å²) < 4.78 is 11.2. The number of carbonyl (C=O) groups excluding carboxylic acids is 1. The highest BCUT2D eigenvalue weighted by atomic mass is 16.5. The number of fused-ring (bicyclic) bond motifs is 1. The van der Waals surface area contributed by atoms with Crippen molar-refractivity contribution < 1.29 is 14.3 Å². The maximum absolute atomic E-state index is 12.7. The van der Waals surface area contributed by atoms with Crippen molar-refractivity contribution in [1.82, 2.24) is 0 Å². The molecule has 0 unspecified atom stereocenters. The van der Waals surface area contributed by atoms with Gasteiger partial charge in [0.15, 0.2) is 6.61 Å². The van der Waals surface area contributed by atoms with E-state index >= 15 is 0 Å². The van der Waals surface area contributed by atoms with Gasteiger partial charge in [-0.2, -0.15) is 0 Å². The molecule has 4 nitrogen and oxygen atoms in total. The Hall–Kier alpha value is -2.33. The third-order valence-corrected chi connectivity index (χ3v) is 4.99. The molecule has 0 bridgehead atoms. The quantitative estimate of drug-likeness (QED) is 0.683. The number of rotatable bonds is 8. The van der Waals surface area contributed by atoms with Gasteiger partial charge in [0.2, 0.25) is 0 Å². The molecule has 1 heterocycles. The molecular formula is C23H29NO3. The van der Waals surface area contributed by atoms with Crippen LogP contribution in [0.1, 0.15) is 37.8 Å². The Kier molecular flexibility index (Phi) is 6.51. The smallest absolute Gasteiger partial charge is 0.265 e. The molecule has 0 aromatic heterocycles. The summed E-state index contributed by atoms with van der Waals surface area (Å²) in [6, 6.07) is 12.5. The molecule has 1 amide bonds. The molecule has 1 aliphatic rings. The summed E-state index contributed by atoms with van der Waals surface area (Å²) in [6.07, 6.45) is 4.13. The third-order valence-electron chi connectivity index (χ3n) is 4.99. The van der Waals surface area contributed by atoms with Crippen molar-refractivity contribution in [3.63, 3.8) is 0 Å². The Morgan fingerprint density at radius 2 is 1.85 bits per heavy atom. The van der Waals surface area contributed by atoms with Gasteiger partial charge in [-0.25, -0.2) is 0 Å². The van der Waals surface area contributed by atoms with E-state index in [1.807, 2.05) is 11.0 Å². The summed E-state index contributed by atoms with van der Waals surface area (Å²) in [7, 11) is 1.66. The number of benzene rings is 2. The molecule has 2 aromatic carbocycles. The van der Waals surface area contributed by atoms with E-state index in [0.717, 1.165) is 48.2 Å². The minimum absolute atomic E-state index is 0.0116. The lowest BCUT2D eigenvalue weighted by Gasteiger charge is -2.33. The van der Waals surface area contributed by atoms with Gasteiger partial charge >= 0.3 is 0 Å². The number of aryl methyl sites for hydroxylation is 1. The van der Waals surface area contributed by atoms with Gasteiger partial charge in [-0.3, -0.25) is 4.79 Å². The largest absolute Gasteiger partial charge is 0.482 e. The van der Waals surface area contributed by atoms with Gasteiger partial charge in [-0.1, -0.05) is 57.0 Å². The molecule has 144 valence electrons. The van der Waals surface area contributed by atoms with E-state index in [4.69, 9.17) is 9.47 Å². The highest BCUT2D eigenvalue weighted by Crippen LogP contribution is 2.45. The second-order valence-corrected chi connectivity index (χ2v) is 6.93. The van der Waals surface area contributed by atoms with Gasteiger partial charge in [0, 0.05) is 19.2 Å². The second kappa shape index (κ2) is 9.05. The number of nitrogens with zero attached hydrogens (tertiary/aromatic N) is 1. The number of ether oxygens (including phenoxy) is 2. The molecule has 27 heavy (non-hydrogen) atoms. The zero-order chi connectivity index (χ0) is 19.2. The summed E-state index contributed by atoms with van der Waals surface area (Å²) in [6.45, 7) is 5.52. The molecule has 0 atom stereocenters. The van der Waals surface area contributed by atoms with Crippen molar-refractivity contribution in [2.45, 2.75) is 39.5 Å². The van der Waals surface area contributed by atoms with Crippen LogP contribution < -0.4 is 9.64 Å². The number of hydrogen-bond acceptors (Lipinski definition) is 3. The fraction of sp³-hybridized carbons (Fsp3) is 0.435. The van der Waals surface area contributed by atoms with Crippen LogP contribution in [0.3, 0.4) is 0 Å². The van der Waals surface area contributed by atoms with E-state index in [-0.39, 0.29) is 12.5 Å². The predicted octanol–water partition coefficient (Wildman–Crippen LogP) is 4.63.